The van der Waals surface area contributed by atoms with Gasteiger partial charge in [0.1, 0.15) is 5.92 Å². The highest BCUT2D eigenvalue weighted by molar-refractivity contribution is 5.75. The van der Waals surface area contributed by atoms with Gasteiger partial charge in [0.25, 0.3) is 0 Å². The molecule has 0 saturated carbocycles. The summed E-state index contributed by atoms with van der Waals surface area (Å²) in [6.45, 7) is 4.02. The highest BCUT2D eigenvalue weighted by Crippen LogP contribution is 2.08. The van der Waals surface area contributed by atoms with Crippen LogP contribution in [0.1, 0.15) is 65.2 Å². The monoisotopic (exact) mass is 238 g/mol. The summed E-state index contributed by atoms with van der Waals surface area (Å²) in [6.07, 6.45) is 9.98. The van der Waals surface area contributed by atoms with Gasteiger partial charge in [-0.15, -0.1) is 5.92 Å². The van der Waals surface area contributed by atoms with E-state index in [4.69, 9.17) is 0 Å². The van der Waals surface area contributed by atoms with Crippen LogP contribution < -0.4 is 0 Å². The second-order valence-electron chi connectivity index (χ2n) is 4.44. The van der Waals surface area contributed by atoms with E-state index in [9.17, 15) is 4.79 Å². The third-order valence-electron chi connectivity index (χ3n) is 2.78. The summed E-state index contributed by atoms with van der Waals surface area (Å²) in [7, 11) is 1.40. The lowest BCUT2D eigenvalue weighted by Gasteiger charge is -2.00. The molecular weight excluding hydrogens is 212 g/mol. The van der Waals surface area contributed by atoms with E-state index in [2.05, 4.69) is 23.5 Å². The molecule has 0 bridgehead atoms. The number of carbonyl (C=O) groups is 1. The Balaban J connectivity index is 3.39. The van der Waals surface area contributed by atoms with Crippen molar-refractivity contribution in [2.75, 3.05) is 7.11 Å². The molecule has 0 aliphatic heterocycles. The summed E-state index contributed by atoms with van der Waals surface area (Å²) in [5, 5.41) is 0. The molecule has 1 atom stereocenters. The van der Waals surface area contributed by atoms with Crippen molar-refractivity contribution >= 4 is 5.97 Å². The molecule has 0 heterocycles. The summed E-state index contributed by atoms with van der Waals surface area (Å²) in [5.74, 6) is 5.45. The number of ether oxygens (including phenoxy) is 1. The zero-order chi connectivity index (χ0) is 12.9. The van der Waals surface area contributed by atoms with E-state index in [1.54, 1.807) is 6.92 Å². The molecule has 0 radical (unpaired) electrons. The molecule has 2 nitrogen and oxygen atoms in total. The van der Waals surface area contributed by atoms with Gasteiger partial charge in [-0.3, -0.25) is 4.79 Å². The quantitative estimate of drug-likeness (QED) is 0.364. The summed E-state index contributed by atoms with van der Waals surface area (Å²) in [5.41, 5.74) is 0. The van der Waals surface area contributed by atoms with Crippen molar-refractivity contribution in [1.29, 1.82) is 0 Å². The van der Waals surface area contributed by atoms with Gasteiger partial charge in [0.2, 0.25) is 0 Å². The Labute approximate surface area is 106 Å². The van der Waals surface area contributed by atoms with Crippen LogP contribution >= 0.6 is 0 Å². The van der Waals surface area contributed by atoms with Crippen LogP contribution in [0.4, 0.5) is 0 Å². The molecule has 0 fully saturated rings. The minimum Gasteiger partial charge on any atom is -0.468 e. The van der Waals surface area contributed by atoms with Crippen LogP contribution in [-0.2, 0) is 9.53 Å². The molecular formula is C15H26O2. The average molecular weight is 238 g/mol. The van der Waals surface area contributed by atoms with Crippen LogP contribution in [0, 0.1) is 17.8 Å². The molecule has 0 saturated heterocycles. The summed E-state index contributed by atoms with van der Waals surface area (Å²) in [6, 6.07) is 0. The minimum absolute atomic E-state index is 0.239. The molecule has 0 aromatic carbocycles. The predicted molar refractivity (Wildman–Crippen MR) is 71.6 cm³/mol. The molecule has 0 aromatic heterocycles. The molecule has 0 aliphatic carbocycles. The minimum atomic E-state index is -0.287. The lowest BCUT2D eigenvalue weighted by Crippen LogP contribution is -2.10. The fourth-order valence-electron chi connectivity index (χ4n) is 1.63. The number of carbonyl (C=O) groups excluding carboxylic acids is 1. The first-order valence-electron chi connectivity index (χ1n) is 6.78. The van der Waals surface area contributed by atoms with Gasteiger partial charge in [0, 0.05) is 6.42 Å². The highest BCUT2D eigenvalue weighted by atomic mass is 16.5. The third-order valence-corrected chi connectivity index (χ3v) is 2.78. The van der Waals surface area contributed by atoms with E-state index in [1.165, 1.54) is 45.6 Å². The van der Waals surface area contributed by atoms with E-state index in [1.807, 2.05) is 0 Å². The van der Waals surface area contributed by atoms with Gasteiger partial charge in [0.15, 0.2) is 0 Å². The number of hydrogen-bond donors (Lipinski definition) is 0. The van der Waals surface area contributed by atoms with E-state index in [0.717, 1.165) is 12.8 Å². The largest absolute Gasteiger partial charge is 0.468 e. The Morgan fingerprint density at radius 2 is 1.71 bits per heavy atom. The van der Waals surface area contributed by atoms with Crippen molar-refractivity contribution in [2.24, 2.45) is 5.92 Å². The summed E-state index contributed by atoms with van der Waals surface area (Å²) in [4.78, 5) is 11.1. The lowest BCUT2D eigenvalue weighted by atomic mass is 10.1. The number of hydrogen-bond acceptors (Lipinski definition) is 2. The number of methoxy groups -OCH3 is 1. The SMILES string of the molecule is CCCCCCCCCC#CC(C)C(=O)OC. The van der Waals surface area contributed by atoms with Gasteiger partial charge >= 0.3 is 5.97 Å². The average Bonchev–Trinajstić information content (AvgIpc) is 2.35. The Kier molecular flexibility index (Phi) is 10.9. The van der Waals surface area contributed by atoms with Gasteiger partial charge in [0.05, 0.1) is 7.11 Å². The number of rotatable bonds is 8. The second-order valence-corrected chi connectivity index (χ2v) is 4.44. The third kappa shape index (κ3) is 9.93. The van der Waals surface area contributed by atoms with Crippen molar-refractivity contribution < 1.29 is 9.53 Å². The van der Waals surface area contributed by atoms with Gasteiger partial charge in [-0.1, -0.05) is 51.4 Å². The Morgan fingerprint density at radius 1 is 1.12 bits per heavy atom. The Bertz CT molecular complexity index is 247. The van der Waals surface area contributed by atoms with E-state index in [-0.39, 0.29) is 11.9 Å². The smallest absolute Gasteiger partial charge is 0.320 e. The number of unbranched alkanes of at least 4 members (excludes halogenated alkanes) is 7. The zero-order valence-corrected chi connectivity index (χ0v) is 11.6. The van der Waals surface area contributed by atoms with E-state index >= 15 is 0 Å². The standard InChI is InChI=1S/C15H26O2/c1-4-5-6-7-8-9-10-11-12-13-14(2)15(16)17-3/h14H,4-11H2,1-3H3. The Hall–Kier alpha value is -0.970. The first-order valence-corrected chi connectivity index (χ1v) is 6.78. The molecule has 0 N–H and O–H groups in total. The van der Waals surface area contributed by atoms with Crippen molar-refractivity contribution in [1.82, 2.24) is 0 Å². The predicted octanol–water partition coefficient (Wildman–Crippen LogP) is 3.94. The highest BCUT2D eigenvalue weighted by Gasteiger charge is 2.07. The lowest BCUT2D eigenvalue weighted by molar-refractivity contribution is -0.142. The summed E-state index contributed by atoms with van der Waals surface area (Å²) < 4.78 is 4.60. The molecule has 0 aliphatic rings. The fourth-order valence-corrected chi connectivity index (χ4v) is 1.63. The molecule has 0 aromatic rings. The topological polar surface area (TPSA) is 26.3 Å². The van der Waals surface area contributed by atoms with Gasteiger partial charge in [-0.2, -0.15) is 0 Å². The van der Waals surface area contributed by atoms with Crippen LogP contribution in [0.5, 0.6) is 0 Å². The molecule has 17 heavy (non-hydrogen) atoms. The van der Waals surface area contributed by atoms with Crippen molar-refractivity contribution in [3.8, 4) is 11.8 Å². The van der Waals surface area contributed by atoms with Gasteiger partial charge in [-0.25, -0.2) is 0 Å². The molecule has 98 valence electrons. The molecule has 0 spiro atoms. The van der Waals surface area contributed by atoms with Crippen LogP contribution in [0.25, 0.3) is 0 Å². The van der Waals surface area contributed by atoms with Gasteiger partial charge in [-0.05, 0) is 13.3 Å². The van der Waals surface area contributed by atoms with Crippen LogP contribution in [0.2, 0.25) is 0 Å². The second kappa shape index (κ2) is 11.5. The first kappa shape index (κ1) is 16.0. The Morgan fingerprint density at radius 3 is 2.29 bits per heavy atom. The maximum atomic E-state index is 11.1. The van der Waals surface area contributed by atoms with Crippen molar-refractivity contribution in [3.05, 3.63) is 0 Å². The van der Waals surface area contributed by atoms with E-state index < -0.39 is 0 Å². The normalized spacial score (nSPS) is 11.5. The number of esters is 1. The summed E-state index contributed by atoms with van der Waals surface area (Å²) >= 11 is 0. The first-order chi connectivity index (χ1) is 8.22. The fraction of sp³-hybridized carbons (Fsp3) is 0.800. The zero-order valence-electron chi connectivity index (χ0n) is 11.6. The maximum absolute atomic E-state index is 11.1. The van der Waals surface area contributed by atoms with Crippen LogP contribution in [-0.4, -0.2) is 13.1 Å². The molecule has 0 amide bonds. The van der Waals surface area contributed by atoms with Gasteiger partial charge < -0.3 is 4.74 Å². The van der Waals surface area contributed by atoms with Crippen molar-refractivity contribution in [3.63, 3.8) is 0 Å². The van der Waals surface area contributed by atoms with Crippen molar-refractivity contribution in [2.45, 2.75) is 65.2 Å². The molecule has 0 rings (SSSR count). The maximum Gasteiger partial charge on any atom is 0.320 e. The van der Waals surface area contributed by atoms with Crippen LogP contribution in [0.3, 0.4) is 0 Å². The molecule has 1 unspecified atom stereocenters. The molecule has 2 heteroatoms. The van der Waals surface area contributed by atoms with Crippen LogP contribution in [0.15, 0.2) is 0 Å². The van der Waals surface area contributed by atoms with E-state index in [0.29, 0.717) is 0 Å².